The van der Waals surface area contributed by atoms with Gasteiger partial charge in [-0.15, -0.1) is 0 Å². The molecular formula is C18H18ClF6N2O4+. The van der Waals surface area contributed by atoms with E-state index in [0.29, 0.717) is 18.9 Å². The first kappa shape index (κ1) is 28.1. The predicted molar refractivity (Wildman–Crippen MR) is 99.6 cm³/mol. The molecule has 6 nitrogen and oxygen atoms in total. The summed E-state index contributed by atoms with van der Waals surface area (Å²) >= 11 is 5.88. The molecule has 0 spiro atoms. The molecule has 0 saturated carbocycles. The lowest BCUT2D eigenvalue weighted by atomic mass is 10.1. The van der Waals surface area contributed by atoms with Gasteiger partial charge in [0.1, 0.15) is 13.1 Å². The third kappa shape index (κ3) is 10.6. The van der Waals surface area contributed by atoms with Crippen LogP contribution in [0.4, 0.5) is 26.3 Å². The maximum absolute atomic E-state index is 12.6. The molecule has 172 valence electrons. The van der Waals surface area contributed by atoms with Crippen LogP contribution in [-0.2, 0) is 20.5 Å². The molecule has 0 atom stereocenters. The number of hydrogen-bond donors (Lipinski definition) is 1. The number of methoxy groups -OCH3 is 1. The number of carbonyl (C=O) groups is 2. The number of aromatic nitrogens is 1. The van der Waals surface area contributed by atoms with Gasteiger partial charge < -0.3 is 9.84 Å². The fourth-order valence-corrected chi connectivity index (χ4v) is 2.01. The van der Waals surface area contributed by atoms with Crippen molar-refractivity contribution in [3.8, 4) is 0 Å². The van der Waals surface area contributed by atoms with Crippen molar-refractivity contribution in [1.29, 1.82) is 0 Å². The van der Waals surface area contributed by atoms with E-state index in [1.54, 1.807) is 19.1 Å². The zero-order valence-corrected chi connectivity index (χ0v) is 17.0. The van der Waals surface area contributed by atoms with Crippen molar-refractivity contribution in [1.82, 2.24) is 4.98 Å². The Morgan fingerprint density at radius 3 is 2.23 bits per heavy atom. The molecule has 0 aliphatic carbocycles. The molecule has 0 aliphatic rings. The second kappa shape index (κ2) is 12.1. The van der Waals surface area contributed by atoms with Crippen molar-refractivity contribution in [2.45, 2.75) is 25.7 Å². The lowest BCUT2D eigenvalue weighted by Crippen LogP contribution is -2.23. The van der Waals surface area contributed by atoms with Gasteiger partial charge in [-0.1, -0.05) is 17.7 Å². The summed E-state index contributed by atoms with van der Waals surface area (Å²) in [6.07, 6.45) is -4.05. The minimum absolute atomic E-state index is 0.0850. The van der Waals surface area contributed by atoms with E-state index in [4.69, 9.17) is 16.7 Å². The normalized spacial score (nSPS) is 12.2. The van der Waals surface area contributed by atoms with E-state index in [2.05, 4.69) is 16.4 Å². The van der Waals surface area contributed by atoms with Crippen LogP contribution >= 0.6 is 11.6 Å². The van der Waals surface area contributed by atoms with Crippen LogP contribution in [0.5, 0.6) is 0 Å². The minimum atomic E-state index is -4.85. The topological polar surface area (TPSA) is 79.5 Å². The highest BCUT2D eigenvalue weighted by molar-refractivity contribution is 6.32. The minimum Gasteiger partial charge on any atom is -0.481 e. The Labute approximate surface area is 178 Å². The van der Waals surface area contributed by atoms with E-state index in [-0.39, 0.29) is 23.7 Å². The number of carbonyl (C=O) groups excluding carboxylic acids is 1. The van der Waals surface area contributed by atoms with Crippen molar-refractivity contribution in [2.24, 2.45) is 0 Å². The zero-order valence-electron chi connectivity index (χ0n) is 16.2. The van der Waals surface area contributed by atoms with Crippen LogP contribution < -0.4 is 0 Å². The van der Waals surface area contributed by atoms with Crippen molar-refractivity contribution >= 4 is 35.8 Å². The molecule has 0 unspecified atom stereocenters. The summed E-state index contributed by atoms with van der Waals surface area (Å²) in [6.45, 7) is 5.50. The number of carboxylic acid groups (broad SMARTS) is 1. The first-order valence-corrected chi connectivity index (χ1v) is 8.53. The summed E-state index contributed by atoms with van der Waals surface area (Å²) in [7, 11) is 0.676. The summed E-state index contributed by atoms with van der Waals surface area (Å²) < 4.78 is 75.5. The Hall–Kier alpha value is -2.89. The van der Waals surface area contributed by atoms with Gasteiger partial charge >= 0.3 is 24.3 Å². The molecule has 0 aliphatic heterocycles. The Balaban J connectivity index is 0.000000954. The van der Waals surface area contributed by atoms with Gasteiger partial charge in [0.15, 0.2) is 12.7 Å². The first-order valence-electron chi connectivity index (χ1n) is 8.15. The average molecular weight is 476 g/mol. The number of halogens is 7. The number of rotatable bonds is 6. The number of alkyl halides is 6. The van der Waals surface area contributed by atoms with Crippen molar-refractivity contribution in [2.75, 3.05) is 13.7 Å². The molecule has 31 heavy (non-hydrogen) atoms. The molecular weight excluding hydrogens is 458 g/mol. The van der Waals surface area contributed by atoms with Crippen LogP contribution in [0.1, 0.15) is 24.6 Å². The third-order valence-electron chi connectivity index (χ3n) is 3.25. The van der Waals surface area contributed by atoms with Gasteiger partial charge in [-0.3, -0.25) is 9.78 Å². The largest absolute Gasteiger partial charge is 0.490 e. The van der Waals surface area contributed by atoms with Gasteiger partial charge in [0.25, 0.3) is 0 Å². The van der Waals surface area contributed by atoms with Gasteiger partial charge in [-0.25, -0.2) is 9.37 Å². The standard InChI is InChI=1S/C15H14ClF3N2O2.C3H3F3O2/c1-3-10(4-6-21(2)7-5-13(22)23)14-12(16)8-11(9-20-14)15(17,18)19;1-8-2(7)3(4,5)6/h3-4,6,8-9H,2,5,7H2,1H3;1H3/p+1/b6-4-,10-3+;. The SMILES string of the molecule is C=[N+](/C=C\C(=C/C)c1ncc(C(F)(F)F)cc1Cl)CCC(=O)O.COC(=O)C(F)(F)F. The van der Waals surface area contributed by atoms with Gasteiger partial charge in [0.2, 0.25) is 0 Å². The molecule has 1 N–H and O–H groups in total. The summed E-state index contributed by atoms with van der Waals surface area (Å²) in [4.78, 5) is 23.7. The molecule has 0 fully saturated rings. The fourth-order valence-electron chi connectivity index (χ4n) is 1.73. The fraction of sp³-hybridized carbons (Fsp3) is 0.333. The lowest BCUT2D eigenvalue weighted by Gasteiger charge is -2.09. The van der Waals surface area contributed by atoms with E-state index in [9.17, 15) is 35.9 Å². The monoisotopic (exact) mass is 475 g/mol. The zero-order chi connectivity index (χ0) is 24.4. The number of nitrogens with zero attached hydrogens (tertiary/aromatic N) is 2. The molecule has 13 heteroatoms. The molecule has 1 heterocycles. The Morgan fingerprint density at radius 1 is 1.29 bits per heavy atom. The molecule has 1 aromatic heterocycles. The van der Waals surface area contributed by atoms with Gasteiger partial charge in [-0.05, 0) is 13.0 Å². The maximum Gasteiger partial charge on any atom is 0.490 e. The van der Waals surface area contributed by atoms with Gasteiger partial charge in [0, 0.05) is 17.8 Å². The smallest absolute Gasteiger partial charge is 0.481 e. The molecule has 0 aromatic carbocycles. The number of aliphatic carboxylic acids is 1. The lowest BCUT2D eigenvalue weighted by molar-refractivity contribution is -0.446. The van der Waals surface area contributed by atoms with Crippen molar-refractivity contribution in [3.05, 3.63) is 46.9 Å². The van der Waals surface area contributed by atoms with Crippen molar-refractivity contribution in [3.63, 3.8) is 0 Å². The van der Waals surface area contributed by atoms with Gasteiger partial charge in [-0.2, -0.15) is 26.3 Å². The molecule has 0 radical (unpaired) electrons. The van der Waals surface area contributed by atoms with Crippen LogP contribution in [-0.4, -0.2) is 53.2 Å². The Morgan fingerprint density at radius 2 is 1.87 bits per heavy atom. The summed E-state index contributed by atoms with van der Waals surface area (Å²) in [6, 6.07) is 0.813. The van der Waals surface area contributed by atoms with Crippen LogP contribution in [0.25, 0.3) is 5.57 Å². The summed E-state index contributed by atoms with van der Waals surface area (Å²) in [5, 5.41) is 8.46. The molecule has 1 aromatic rings. The van der Waals surface area contributed by atoms with Crippen molar-refractivity contribution < 1.29 is 50.4 Å². The van der Waals surface area contributed by atoms with E-state index < -0.39 is 29.9 Å². The van der Waals surface area contributed by atoms with E-state index >= 15 is 0 Å². The molecule has 0 bridgehead atoms. The Bertz CT molecular complexity index is 864. The highest BCUT2D eigenvalue weighted by Crippen LogP contribution is 2.32. The van der Waals surface area contributed by atoms with Gasteiger partial charge in [0.05, 0.1) is 23.4 Å². The highest BCUT2D eigenvalue weighted by atomic mass is 35.5. The van der Waals surface area contributed by atoms with E-state index in [0.717, 1.165) is 6.07 Å². The predicted octanol–water partition coefficient (Wildman–Crippen LogP) is 4.58. The first-order chi connectivity index (χ1) is 14.1. The van der Waals surface area contributed by atoms with Crippen LogP contribution in [0.3, 0.4) is 0 Å². The van der Waals surface area contributed by atoms with Crippen LogP contribution in [0.15, 0.2) is 30.6 Å². The molecule has 1 rings (SSSR count). The number of esters is 1. The molecule has 0 amide bonds. The second-order valence-corrected chi connectivity index (χ2v) is 5.96. The number of pyridine rings is 1. The van der Waals surface area contributed by atoms with Crippen LogP contribution in [0, 0.1) is 0 Å². The highest BCUT2D eigenvalue weighted by Gasteiger charge is 2.40. The van der Waals surface area contributed by atoms with E-state index in [1.807, 2.05) is 0 Å². The summed E-state index contributed by atoms with van der Waals surface area (Å²) in [5.74, 6) is -3.12. The molecule has 0 saturated heterocycles. The average Bonchev–Trinajstić information content (AvgIpc) is 2.66. The quantitative estimate of drug-likeness (QED) is 0.214. The second-order valence-electron chi connectivity index (χ2n) is 5.56. The summed E-state index contributed by atoms with van der Waals surface area (Å²) in [5.41, 5.74) is -0.233. The van der Waals surface area contributed by atoms with Crippen LogP contribution in [0.2, 0.25) is 5.02 Å². The third-order valence-corrected chi connectivity index (χ3v) is 3.54. The van der Waals surface area contributed by atoms with E-state index in [1.165, 1.54) is 10.8 Å². The maximum atomic E-state index is 12.6. The number of hydrogen-bond acceptors (Lipinski definition) is 4. The number of ether oxygens (including phenoxy) is 1. The Kier molecular flexibility index (Phi) is 11.0. The number of allylic oxidation sites excluding steroid dienone is 3. The number of carboxylic acids is 1.